The Kier molecular flexibility index (Phi) is 6.00. The molecule has 1 aliphatic heterocycles. The van der Waals surface area contributed by atoms with Crippen molar-refractivity contribution in [2.45, 2.75) is 26.3 Å². The minimum atomic E-state index is 0.152. The van der Waals surface area contributed by atoms with Crippen LogP contribution in [0.15, 0.2) is 59.0 Å². The third-order valence-corrected chi connectivity index (χ3v) is 5.29. The summed E-state index contributed by atoms with van der Waals surface area (Å²) >= 11 is 0. The van der Waals surface area contributed by atoms with Crippen LogP contribution in [0.3, 0.4) is 0 Å². The van der Waals surface area contributed by atoms with Crippen molar-refractivity contribution in [3.8, 4) is 11.5 Å². The molecular weight excluding hydrogens is 364 g/mol. The first kappa shape index (κ1) is 19.3. The number of benzene rings is 2. The largest absolute Gasteiger partial charge is 0.421 e. The Labute approximate surface area is 171 Å². The monoisotopic (exact) mass is 390 g/mol. The van der Waals surface area contributed by atoms with Crippen LogP contribution in [0.4, 0.5) is 0 Å². The summed E-state index contributed by atoms with van der Waals surface area (Å²) in [7, 11) is 0. The molecule has 0 saturated carbocycles. The summed E-state index contributed by atoms with van der Waals surface area (Å²) in [5.74, 6) is 1.16. The van der Waals surface area contributed by atoms with Crippen molar-refractivity contribution in [2.75, 3.05) is 26.2 Å². The first-order valence-corrected chi connectivity index (χ1v) is 10.1. The Morgan fingerprint density at radius 2 is 1.69 bits per heavy atom. The molecule has 0 bridgehead atoms. The van der Waals surface area contributed by atoms with Gasteiger partial charge >= 0.3 is 0 Å². The highest BCUT2D eigenvalue weighted by molar-refractivity contribution is 5.76. The van der Waals surface area contributed by atoms with Gasteiger partial charge in [0.15, 0.2) is 0 Å². The van der Waals surface area contributed by atoms with E-state index in [-0.39, 0.29) is 5.91 Å². The standard InChI is InChI=1S/C23H26N4O2/c1-18-7-9-20(10-8-18)23-25-24-21(29-23)11-12-22(28)27-15-13-26(14-16-27)17-19-5-3-2-4-6-19/h2-10H,11-17H2,1H3. The molecule has 0 unspecified atom stereocenters. The van der Waals surface area contributed by atoms with Gasteiger partial charge < -0.3 is 9.32 Å². The second-order valence-corrected chi connectivity index (χ2v) is 7.51. The number of aromatic nitrogens is 2. The van der Waals surface area contributed by atoms with Crippen LogP contribution in [0.1, 0.15) is 23.4 Å². The fourth-order valence-electron chi connectivity index (χ4n) is 3.54. The van der Waals surface area contributed by atoms with E-state index in [0.29, 0.717) is 24.6 Å². The number of piperazine rings is 1. The fourth-order valence-corrected chi connectivity index (χ4v) is 3.54. The van der Waals surface area contributed by atoms with Crippen molar-refractivity contribution < 1.29 is 9.21 Å². The smallest absolute Gasteiger partial charge is 0.247 e. The van der Waals surface area contributed by atoms with Gasteiger partial charge in [-0.3, -0.25) is 9.69 Å². The van der Waals surface area contributed by atoms with Crippen LogP contribution >= 0.6 is 0 Å². The molecule has 3 aromatic rings. The van der Waals surface area contributed by atoms with Crippen LogP contribution in [0.5, 0.6) is 0 Å². The SMILES string of the molecule is Cc1ccc(-c2nnc(CCC(=O)N3CCN(Cc4ccccc4)CC3)o2)cc1. The number of hydrogen-bond acceptors (Lipinski definition) is 5. The van der Waals surface area contributed by atoms with Crippen LogP contribution < -0.4 is 0 Å². The number of nitrogens with zero attached hydrogens (tertiary/aromatic N) is 4. The molecule has 6 heteroatoms. The lowest BCUT2D eigenvalue weighted by Gasteiger charge is -2.34. The number of carbonyl (C=O) groups is 1. The summed E-state index contributed by atoms with van der Waals surface area (Å²) in [6, 6.07) is 18.4. The maximum Gasteiger partial charge on any atom is 0.247 e. The quantitative estimate of drug-likeness (QED) is 0.646. The van der Waals surface area contributed by atoms with Crippen LogP contribution in [-0.2, 0) is 17.8 Å². The third-order valence-electron chi connectivity index (χ3n) is 5.29. The molecule has 2 aromatic carbocycles. The molecule has 1 fully saturated rings. The average molecular weight is 390 g/mol. The molecular formula is C23H26N4O2. The summed E-state index contributed by atoms with van der Waals surface area (Å²) < 4.78 is 5.73. The van der Waals surface area contributed by atoms with Crippen LogP contribution in [-0.4, -0.2) is 52.1 Å². The number of rotatable bonds is 6. The minimum Gasteiger partial charge on any atom is -0.421 e. The zero-order chi connectivity index (χ0) is 20.1. The Hall–Kier alpha value is -2.99. The molecule has 1 aliphatic rings. The molecule has 0 spiro atoms. The minimum absolute atomic E-state index is 0.152. The second-order valence-electron chi connectivity index (χ2n) is 7.51. The van der Waals surface area contributed by atoms with E-state index >= 15 is 0 Å². The van der Waals surface area contributed by atoms with E-state index < -0.39 is 0 Å². The molecule has 1 amide bonds. The van der Waals surface area contributed by atoms with E-state index in [2.05, 4.69) is 39.4 Å². The van der Waals surface area contributed by atoms with Gasteiger partial charge in [-0.2, -0.15) is 0 Å². The van der Waals surface area contributed by atoms with Crippen molar-refractivity contribution in [1.29, 1.82) is 0 Å². The van der Waals surface area contributed by atoms with Gasteiger partial charge in [0.25, 0.3) is 0 Å². The van der Waals surface area contributed by atoms with Crippen molar-refractivity contribution in [3.05, 3.63) is 71.6 Å². The molecule has 0 radical (unpaired) electrons. The van der Waals surface area contributed by atoms with Gasteiger partial charge in [0, 0.05) is 51.1 Å². The molecule has 0 aliphatic carbocycles. The predicted octanol–water partition coefficient (Wildman–Crippen LogP) is 3.32. The van der Waals surface area contributed by atoms with Gasteiger partial charge in [0.2, 0.25) is 17.7 Å². The molecule has 0 atom stereocenters. The molecule has 0 N–H and O–H groups in total. The number of amides is 1. The lowest BCUT2D eigenvalue weighted by molar-refractivity contribution is -0.133. The van der Waals surface area contributed by atoms with Gasteiger partial charge in [-0.05, 0) is 24.6 Å². The number of carbonyl (C=O) groups excluding carboxylic acids is 1. The molecule has 29 heavy (non-hydrogen) atoms. The third kappa shape index (κ3) is 5.09. The Morgan fingerprint density at radius 3 is 2.41 bits per heavy atom. The summed E-state index contributed by atoms with van der Waals surface area (Å²) in [5, 5.41) is 8.20. The topological polar surface area (TPSA) is 62.5 Å². The van der Waals surface area contributed by atoms with E-state index in [1.807, 2.05) is 42.2 Å². The van der Waals surface area contributed by atoms with E-state index in [0.717, 1.165) is 38.3 Å². The van der Waals surface area contributed by atoms with Crippen molar-refractivity contribution in [2.24, 2.45) is 0 Å². The zero-order valence-electron chi connectivity index (χ0n) is 16.8. The summed E-state index contributed by atoms with van der Waals surface area (Å²) in [6.07, 6.45) is 0.871. The summed E-state index contributed by atoms with van der Waals surface area (Å²) in [5.41, 5.74) is 3.39. The highest BCUT2D eigenvalue weighted by Gasteiger charge is 2.21. The lowest BCUT2D eigenvalue weighted by atomic mass is 10.1. The fraction of sp³-hybridized carbons (Fsp3) is 0.348. The van der Waals surface area contributed by atoms with E-state index in [1.54, 1.807) is 0 Å². The summed E-state index contributed by atoms with van der Waals surface area (Å²) in [6.45, 7) is 6.31. The van der Waals surface area contributed by atoms with E-state index in [1.165, 1.54) is 11.1 Å². The first-order valence-electron chi connectivity index (χ1n) is 10.1. The van der Waals surface area contributed by atoms with Gasteiger partial charge in [0.05, 0.1) is 0 Å². The van der Waals surface area contributed by atoms with Gasteiger partial charge in [-0.25, -0.2) is 0 Å². The molecule has 4 rings (SSSR count). The molecule has 6 nitrogen and oxygen atoms in total. The maximum atomic E-state index is 12.6. The second kappa shape index (κ2) is 9.01. The van der Waals surface area contributed by atoms with Crippen molar-refractivity contribution in [3.63, 3.8) is 0 Å². The normalized spacial score (nSPS) is 14.9. The van der Waals surface area contributed by atoms with Crippen molar-refractivity contribution >= 4 is 5.91 Å². The molecule has 150 valence electrons. The molecule has 1 saturated heterocycles. The highest BCUT2D eigenvalue weighted by atomic mass is 16.4. The van der Waals surface area contributed by atoms with Gasteiger partial charge in [-0.1, -0.05) is 48.0 Å². The Morgan fingerprint density at radius 1 is 0.966 bits per heavy atom. The van der Waals surface area contributed by atoms with Crippen LogP contribution in [0, 0.1) is 6.92 Å². The van der Waals surface area contributed by atoms with E-state index in [4.69, 9.17) is 4.42 Å². The Balaban J connectivity index is 1.24. The molecule has 1 aromatic heterocycles. The number of hydrogen-bond donors (Lipinski definition) is 0. The van der Waals surface area contributed by atoms with Gasteiger partial charge in [-0.15, -0.1) is 10.2 Å². The summed E-state index contributed by atoms with van der Waals surface area (Å²) in [4.78, 5) is 16.9. The lowest BCUT2D eigenvalue weighted by Crippen LogP contribution is -2.48. The number of aryl methyl sites for hydroxylation is 2. The average Bonchev–Trinajstić information content (AvgIpc) is 3.23. The Bertz CT molecular complexity index is 929. The highest BCUT2D eigenvalue weighted by Crippen LogP contribution is 2.19. The first-order chi connectivity index (χ1) is 14.2. The molecule has 2 heterocycles. The zero-order valence-corrected chi connectivity index (χ0v) is 16.8. The van der Waals surface area contributed by atoms with Crippen LogP contribution in [0.25, 0.3) is 11.5 Å². The van der Waals surface area contributed by atoms with E-state index in [9.17, 15) is 4.79 Å². The van der Waals surface area contributed by atoms with Crippen molar-refractivity contribution in [1.82, 2.24) is 20.0 Å². The van der Waals surface area contributed by atoms with Gasteiger partial charge in [0.1, 0.15) is 0 Å². The van der Waals surface area contributed by atoms with Crippen LogP contribution in [0.2, 0.25) is 0 Å². The predicted molar refractivity (Wildman–Crippen MR) is 111 cm³/mol. The maximum absolute atomic E-state index is 12.6.